The lowest BCUT2D eigenvalue weighted by atomic mass is 10.1. The topological polar surface area (TPSA) is 111 Å². The molecule has 0 bridgehead atoms. The molecule has 1 aromatic carbocycles. The van der Waals surface area contributed by atoms with Gasteiger partial charge in [-0.3, -0.25) is 4.79 Å². The number of benzene rings is 1. The summed E-state index contributed by atoms with van der Waals surface area (Å²) in [5, 5.41) is 28.7. The first-order valence-electron chi connectivity index (χ1n) is 5.83. The molecule has 0 saturated heterocycles. The van der Waals surface area contributed by atoms with E-state index < -0.39 is 11.9 Å². The first-order chi connectivity index (χ1) is 9.84. The molecule has 0 spiro atoms. The number of aromatic carboxylic acids is 1. The van der Waals surface area contributed by atoms with E-state index in [-0.39, 0.29) is 27.6 Å². The number of amides is 1. The van der Waals surface area contributed by atoms with Crippen LogP contribution in [0.25, 0.3) is 0 Å². The van der Waals surface area contributed by atoms with Crippen molar-refractivity contribution in [2.24, 2.45) is 0 Å². The maximum atomic E-state index is 12.4. The van der Waals surface area contributed by atoms with Gasteiger partial charge in [-0.2, -0.15) is 4.37 Å². The quantitative estimate of drug-likeness (QED) is 0.798. The van der Waals surface area contributed by atoms with E-state index in [9.17, 15) is 24.9 Å². The minimum Gasteiger partial charge on any atom is -0.507 e. The van der Waals surface area contributed by atoms with Crippen molar-refractivity contribution in [3.8, 4) is 11.5 Å². The molecule has 0 unspecified atom stereocenters. The molecule has 0 fully saturated rings. The molecule has 0 aliphatic carbocycles. The van der Waals surface area contributed by atoms with Crippen LogP contribution in [0.5, 0.6) is 11.5 Å². The predicted molar refractivity (Wildman–Crippen MR) is 76.3 cm³/mol. The van der Waals surface area contributed by atoms with Crippen molar-refractivity contribution in [3.05, 3.63) is 35.0 Å². The second-order valence-corrected chi connectivity index (χ2v) is 5.04. The minimum atomic E-state index is -1.20. The van der Waals surface area contributed by atoms with Gasteiger partial charge in [0.25, 0.3) is 5.91 Å². The van der Waals surface area contributed by atoms with E-state index in [1.54, 1.807) is 0 Å². The first-order valence-corrected chi connectivity index (χ1v) is 6.60. The van der Waals surface area contributed by atoms with Gasteiger partial charge in [0.1, 0.15) is 27.6 Å². The molecule has 3 N–H and O–H groups in total. The lowest BCUT2D eigenvalue weighted by Crippen LogP contribution is -2.27. The van der Waals surface area contributed by atoms with Crippen molar-refractivity contribution in [3.63, 3.8) is 0 Å². The summed E-state index contributed by atoms with van der Waals surface area (Å²) in [7, 11) is 1.35. The Hall–Kier alpha value is -2.61. The van der Waals surface area contributed by atoms with Crippen LogP contribution in [-0.4, -0.2) is 38.6 Å². The molecule has 21 heavy (non-hydrogen) atoms. The summed E-state index contributed by atoms with van der Waals surface area (Å²) in [6.07, 6.45) is 0. The summed E-state index contributed by atoms with van der Waals surface area (Å²) in [4.78, 5) is 24.6. The average molecular weight is 308 g/mol. The number of carboxylic acids is 1. The van der Waals surface area contributed by atoms with E-state index in [1.807, 2.05) is 0 Å². The van der Waals surface area contributed by atoms with Crippen molar-refractivity contribution >= 4 is 28.4 Å². The Bertz CT molecular complexity index is 705. The van der Waals surface area contributed by atoms with Crippen LogP contribution in [0.1, 0.15) is 26.4 Å². The van der Waals surface area contributed by atoms with E-state index >= 15 is 0 Å². The van der Waals surface area contributed by atoms with Crippen LogP contribution in [-0.2, 0) is 0 Å². The van der Waals surface area contributed by atoms with Gasteiger partial charge in [-0.25, -0.2) is 4.79 Å². The number of aromatic nitrogens is 1. The molecule has 8 heteroatoms. The normalized spacial score (nSPS) is 10.4. The zero-order chi connectivity index (χ0) is 15.7. The van der Waals surface area contributed by atoms with Gasteiger partial charge in [0.2, 0.25) is 0 Å². The fraction of sp³-hybridized carbons (Fsp3) is 0.154. The molecular weight excluding hydrogens is 296 g/mol. The second-order valence-electron chi connectivity index (χ2n) is 4.29. The van der Waals surface area contributed by atoms with Crippen molar-refractivity contribution < 1.29 is 24.9 Å². The molecule has 0 aliphatic rings. The molecule has 0 atom stereocenters. The highest BCUT2D eigenvalue weighted by atomic mass is 32.1. The van der Waals surface area contributed by atoms with Crippen molar-refractivity contribution in [2.75, 3.05) is 11.9 Å². The van der Waals surface area contributed by atoms with Crippen molar-refractivity contribution in [2.45, 2.75) is 6.92 Å². The highest BCUT2D eigenvalue weighted by molar-refractivity contribution is 7.11. The molecule has 1 heterocycles. The summed E-state index contributed by atoms with van der Waals surface area (Å²) >= 11 is 0.858. The summed E-state index contributed by atoms with van der Waals surface area (Å²) in [5.41, 5.74) is -0.0724. The molecule has 2 rings (SSSR count). The smallest absolute Gasteiger partial charge is 0.340 e. The number of rotatable bonds is 3. The maximum absolute atomic E-state index is 12.4. The number of hydrogen-bond donors (Lipinski definition) is 3. The predicted octanol–water partition coefficient (Wildman–Crippen LogP) is 1.84. The fourth-order valence-corrected chi connectivity index (χ4v) is 2.69. The zero-order valence-electron chi connectivity index (χ0n) is 11.2. The van der Waals surface area contributed by atoms with Gasteiger partial charge < -0.3 is 20.2 Å². The lowest BCUT2D eigenvalue weighted by Gasteiger charge is -2.17. The average Bonchev–Trinajstić information content (AvgIpc) is 2.79. The van der Waals surface area contributed by atoms with Crippen molar-refractivity contribution in [1.29, 1.82) is 0 Å². The Morgan fingerprint density at radius 1 is 1.19 bits per heavy atom. The van der Waals surface area contributed by atoms with E-state index in [2.05, 4.69) is 4.37 Å². The summed E-state index contributed by atoms with van der Waals surface area (Å²) in [6.45, 7) is 1.53. The number of hydrogen-bond acceptors (Lipinski definition) is 6. The van der Waals surface area contributed by atoms with Crippen LogP contribution in [0.3, 0.4) is 0 Å². The van der Waals surface area contributed by atoms with Gasteiger partial charge in [0.15, 0.2) is 0 Å². The van der Waals surface area contributed by atoms with Crippen molar-refractivity contribution in [1.82, 2.24) is 4.37 Å². The van der Waals surface area contributed by atoms with Gasteiger partial charge >= 0.3 is 5.97 Å². The van der Waals surface area contributed by atoms with Gasteiger partial charge in [-0.05, 0) is 30.6 Å². The number of phenolic OH excluding ortho intramolecular Hbond substituents is 2. The number of phenols is 2. The van der Waals surface area contributed by atoms with E-state index in [1.165, 1.54) is 32.2 Å². The van der Waals surface area contributed by atoms with Gasteiger partial charge in [-0.15, -0.1) is 0 Å². The third kappa shape index (κ3) is 2.52. The van der Waals surface area contributed by atoms with Crippen LogP contribution < -0.4 is 4.90 Å². The SMILES string of the molecule is Cc1nsc(N(C)C(=O)c2c(O)cccc2O)c1C(=O)O. The van der Waals surface area contributed by atoms with Gasteiger partial charge in [0.05, 0.1) is 5.69 Å². The monoisotopic (exact) mass is 308 g/mol. The number of aryl methyl sites for hydroxylation is 1. The van der Waals surface area contributed by atoms with Gasteiger partial charge in [0, 0.05) is 7.05 Å². The summed E-state index contributed by atoms with van der Waals surface area (Å²) < 4.78 is 3.92. The maximum Gasteiger partial charge on any atom is 0.340 e. The Balaban J connectivity index is 2.48. The number of aromatic hydroxyl groups is 2. The number of nitrogens with zero attached hydrogens (tertiary/aromatic N) is 2. The fourth-order valence-electron chi connectivity index (χ4n) is 1.84. The molecule has 0 aliphatic heterocycles. The second kappa shape index (κ2) is 5.41. The highest BCUT2D eigenvalue weighted by Gasteiger charge is 2.27. The first kappa shape index (κ1) is 14.8. The molecule has 0 saturated carbocycles. The molecule has 0 radical (unpaired) electrons. The lowest BCUT2D eigenvalue weighted by molar-refractivity contribution is 0.0697. The van der Waals surface area contributed by atoms with Gasteiger partial charge in [-0.1, -0.05) is 6.07 Å². The van der Waals surface area contributed by atoms with Crippen LogP contribution >= 0.6 is 11.5 Å². The molecule has 2 aromatic rings. The highest BCUT2D eigenvalue weighted by Crippen LogP contribution is 2.33. The Kier molecular flexibility index (Phi) is 3.81. The van der Waals surface area contributed by atoms with E-state index in [0.29, 0.717) is 5.69 Å². The Morgan fingerprint density at radius 2 is 1.76 bits per heavy atom. The van der Waals surface area contributed by atoms with E-state index in [4.69, 9.17) is 0 Å². The Morgan fingerprint density at radius 3 is 2.29 bits per heavy atom. The number of carbonyl (C=O) groups excluding carboxylic acids is 1. The van der Waals surface area contributed by atoms with E-state index in [0.717, 1.165) is 16.4 Å². The number of carboxylic acid groups (broad SMARTS) is 1. The molecule has 1 aromatic heterocycles. The third-order valence-electron chi connectivity index (χ3n) is 2.90. The largest absolute Gasteiger partial charge is 0.507 e. The summed E-state index contributed by atoms with van der Waals surface area (Å²) in [6, 6.07) is 3.91. The molecule has 7 nitrogen and oxygen atoms in total. The zero-order valence-corrected chi connectivity index (χ0v) is 12.0. The Labute approximate surface area is 123 Å². The third-order valence-corrected chi connectivity index (χ3v) is 3.92. The van der Waals surface area contributed by atoms with Crippen LogP contribution in [0.4, 0.5) is 5.00 Å². The minimum absolute atomic E-state index is 0.0780. The molecular formula is C13H12N2O5S. The number of carbonyl (C=O) groups is 2. The van der Waals surface area contributed by atoms with Crippen LogP contribution in [0, 0.1) is 6.92 Å². The van der Waals surface area contributed by atoms with Crippen LogP contribution in [0.2, 0.25) is 0 Å². The number of anilines is 1. The molecule has 110 valence electrons. The van der Waals surface area contributed by atoms with Crippen LogP contribution in [0.15, 0.2) is 18.2 Å². The standard InChI is InChI=1S/C13H12N2O5S/c1-6-9(13(19)20)12(21-14-6)15(2)11(18)10-7(16)4-3-5-8(10)17/h3-5,16-17H,1-2H3,(H,19,20). The summed E-state index contributed by atoms with van der Waals surface area (Å²) in [5.74, 6) is -2.69. The molecule has 1 amide bonds.